The molecule has 2 rings (SSSR count). The van der Waals surface area contributed by atoms with E-state index in [1.165, 1.54) is 12.8 Å². The molecule has 1 aliphatic carbocycles. The van der Waals surface area contributed by atoms with E-state index in [0.29, 0.717) is 0 Å². The summed E-state index contributed by atoms with van der Waals surface area (Å²) in [6.07, 6.45) is 4.46. The molecule has 1 fully saturated rings. The molecule has 1 aromatic carbocycles. The van der Waals surface area contributed by atoms with Crippen molar-refractivity contribution in [3.8, 4) is 0 Å². The summed E-state index contributed by atoms with van der Waals surface area (Å²) in [5.74, 6) is 0. The van der Waals surface area contributed by atoms with Crippen LogP contribution < -0.4 is 11.1 Å². The van der Waals surface area contributed by atoms with Crippen LogP contribution in [0.2, 0.25) is 0 Å². The summed E-state index contributed by atoms with van der Waals surface area (Å²) in [5, 5.41) is 12.9. The smallest absolute Gasteiger partial charge is 0.0661 e. The van der Waals surface area contributed by atoms with Crippen molar-refractivity contribution in [1.29, 1.82) is 0 Å². The number of anilines is 2. The zero-order valence-electron chi connectivity index (χ0n) is 8.87. The van der Waals surface area contributed by atoms with Crippen molar-refractivity contribution >= 4 is 11.4 Å². The van der Waals surface area contributed by atoms with Crippen molar-refractivity contribution in [1.82, 2.24) is 0 Å². The summed E-state index contributed by atoms with van der Waals surface area (Å²) in [5.41, 5.74) is 7.36. The summed E-state index contributed by atoms with van der Waals surface area (Å²) in [7, 11) is 0. The Balaban J connectivity index is 2.12. The molecule has 0 saturated heterocycles. The van der Waals surface area contributed by atoms with Crippen LogP contribution in [0.25, 0.3) is 0 Å². The first-order chi connectivity index (χ1) is 7.24. The highest BCUT2D eigenvalue weighted by atomic mass is 16.3. The molecule has 0 radical (unpaired) electrons. The van der Waals surface area contributed by atoms with Gasteiger partial charge >= 0.3 is 0 Å². The van der Waals surface area contributed by atoms with Crippen LogP contribution in [0.1, 0.15) is 25.7 Å². The van der Waals surface area contributed by atoms with Gasteiger partial charge in [-0.25, -0.2) is 0 Å². The minimum absolute atomic E-state index is 0.117. The molecule has 4 N–H and O–H groups in total. The van der Waals surface area contributed by atoms with E-state index in [0.717, 1.165) is 24.2 Å². The first-order valence-corrected chi connectivity index (χ1v) is 5.49. The van der Waals surface area contributed by atoms with Crippen molar-refractivity contribution in [2.24, 2.45) is 0 Å². The maximum atomic E-state index is 9.45. The third-order valence-corrected chi connectivity index (χ3v) is 3.16. The molecule has 15 heavy (non-hydrogen) atoms. The van der Waals surface area contributed by atoms with Crippen molar-refractivity contribution < 1.29 is 5.11 Å². The number of nitrogens with one attached hydrogen (secondary N) is 1. The number of aliphatic hydroxyl groups is 1. The Bertz CT molecular complexity index is 332. The Morgan fingerprint density at radius 1 is 1.33 bits per heavy atom. The average molecular weight is 206 g/mol. The Morgan fingerprint density at radius 3 is 2.67 bits per heavy atom. The quantitative estimate of drug-likeness (QED) is 0.663. The maximum Gasteiger partial charge on any atom is 0.0661 e. The number of aliphatic hydroxyl groups excluding tert-OH is 1. The zero-order valence-corrected chi connectivity index (χ0v) is 8.87. The maximum absolute atomic E-state index is 9.45. The number of hydrogen-bond acceptors (Lipinski definition) is 3. The van der Waals surface area contributed by atoms with Crippen molar-refractivity contribution in [3.63, 3.8) is 0 Å². The summed E-state index contributed by atoms with van der Waals surface area (Å²) in [6, 6.07) is 7.70. The number of nitrogen functional groups attached to an aromatic ring is 1. The lowest BCUT2D eigenvalue weighted by atomic mass is 9.98. The summed E-state index contributed by atoms with van der Waals surface area (Å²) in [4.78, 5) is 0. The molecular formula is C12H18N2O. The van der Waals surface area contributed by atoms with E-state index in [1.807, 2.05) is 24.3 Å². The van der Waals surface area contributed by atoms with E-state index >= 15 is 0 Å². The van der Waals surface area contributed by atoms with Gasteiger partial charge in [0.2, 0.25) is 0 Å². The SMILES string of the molecule is Nc1cccc(NC2(CO)CCCC2)c1. The van der Waals surface area contributed by atoms with E-state index in [2.05, 4.69) is 5.32 Å². The van der Waals surface area contributed by atoms with Gasteiger partial charge in [-0.15, -0.1) is 0 Å². The number of nitrogens with two attached hydrogens (primary N) is 1. The molecule has 82 valence electrons. The Hall–Kier alpha value is -1.22. The standard InChI is InChI=1S/C12H18N2O/c13-10-4-3-5-11(8-10)14-12(9-15)6-1-2-7-12/h3-5,8,14-15H,1-2,6-7,9,13H2. The van der Waals surface area contributed by atoms with E-state index in [4.69, 9.17) is 5.73 Å². The van der Waals surface area contributed by atoms with Gasteiger partial charge in [0.05, 0.1) is 12.1 Å². The first-order valence-electron chi connectivity index (χ1n) is 5.49. The fourth-order valence-corrected chi connectivity index (χ4v) is 2.30. The predicted octanol–water partition coefficient (Wildman–Crippen LogP) is 1.99. The Labute approximate surface area is 90.3 Å². The van der Waals surface area contributed by atoms with Crippen LogP contribution in [0.5, 0.6) is 0 Å². The summed E-state index contributed by atoms with van der Waals surface area (Å²) >= 11 is 0. The first kappa shape index (κ1) is 10.3. The normalized spacial score (nSPS) is 19.0. The second-order valence-electron chi connectivity index (χ2n) is 4.40. The summed E-state index contributed by atoms with van der Waals surface area (Å²) in [6.45, 7) is 0.196. The van der Waals surface area contributed by atoms with Crippen molar-refractivity contribution in [2.75, 3.05) is 17.7 Å². The molecule has 3 nitrogen and oxygen atoms in total. The Kier molecular flexibility index (Phi) is 2.82. The van der Waals surface area contributed by atoms with Gasteiger partial charge in [-0.1, -0.05) is 18.9 Å². The lowest BCUT2D eigenvalue weighted by Crippen LogP contribution is -2.38. The molecule has 0 spiro atoms. The van der Waals surface area contributed by atoms with Gasteiger partial charge in [0.25, 0.3) is 0 Å². The van der Waals surface area contributed by atoms with Crippen LogP contribution in [-0.4, -0.2) is 17.3 Å². The Morgan fingerprint density at radius 2 is 2.07 bits per heavy atom. The minimum atomic E-state index is -0.117. The molecule has 0 heterocycles. The van der Waals surface area contributed by atoms with Crippen LogP contribution in [0.15, 0.2) is 24.3 Å². The monoisotopic (exact) mass is 206 g/mol. The summed E-state index contributed by atoms with van der Waals surface area (Å²) < 4.78 is 0. The van der Waals surface area contributed by atoms with Gasteiger partial charge in [0, 0.05) is 11.4 Å². The molecule has 0 aliphatic heterocycles. The molecule has 1 saturated carbocycles. The lowest BCUT2D eigenvalue weighted by molar-refractivity contribution is 0.214. The highest BCUT2D eigenvalue weighted by molar-refractivity contribution is 5.55. The number of benzene rings is 1. The van der Waals surface area contributed by atoms with Crippen LogP contribution in [-0.2, 0) is 0 Å². The molecule has 0 unspecified atom stereocenters. The molecule has 0 aromatic heterocycles. The van der Waals surface area contributed by atoms with Gasteiger partial charge in [-0.3, -0.25) is 0 Å². The van der Waals surface area contributed by atoms with Gasteiger partial charge in [0.1, 0.15) is 0 Å². The molecule has 0 bridgehead atoms. The van der Waals surface area contributed by atoms with Crippen molar-refractivity contribution in [3.05, 3.63) is 24.3 Å². The molecule has 0 amide bonds. The fourth-order valence-electron chi connectivity index (χ4n) is 2.30. The molecule has 3 heteroatoms. The van der Waals surface area contributed by atoms with Crippen LogP contribution in [0, 0.1) is 0 Å². The largest absolute Gasteiger partial charge is 0.399 e. The average Bonchev–Trinajstić information content (AvgIpc) is 2.67. The molecule has 0 atom stereocenters. The highest BCUT2D eigenvalue weighted by Crippen LogP contribution is 2.32. The van der Waals surface area contributed by atoms with Crippen LogP contribution in [0.4, 0.5) is 11.4 Å². The van der Waals surface area contributed by atoms with Crippen LogP contribution >= 0.6 is 0 Å². The van der Waals surface area contributed by atoms with E-state index in [-0.39, 0.29) is 12.1 Å². The van der Waals surface area contributed by atoms with Crippen LogP contribution in [0.3, 0.4) is 0 Å². The zero-order chi connectivity index (χ0) is 10.7. The molecular weight excluding hydrogens is 188 g/mol. The van der Waals surface area contributed by atoms with Gasteiger partial charge in [-0.05, 0) is 31.0 Å². The van der Waals surface area contributed by atoms with E-state index in [9.17, 15) is 5.11 Å². The predicted molar refractivity (Wildman–Crippen MR) is 62.8 cm³/mol. The third-order valence-electron chi connectivity index (χ3n) is 3.16. The number of rotatable bonds is 3. The fraction of sp³-hybridized carbons (Fsp3) is 0.500. The minimum Gasteiger partial charge on any atom is -0.399 e. The second-order valence-corrected chi connectivity index (χ2v) is 4.40. The molecule has 1 aromatic rings. The lowest BCUT2D eigenvalue weighted by Gasteiger charge is -2.29. The molecule has 1 aliphatic rings. The van der Waals surface area contributed by atoms with E-state index in [1.54, 1.807) is 0 Å². The van der Waals surface area contributed by atoms with Crippen molar-refractivity contribution in [2.45, 2.75) is 31.2 Å². The third kappa shape index (κ3) is 2.23. The van der Waals surface area contributed by atoms with E-state index < -0.39 is 0 Å². The van der Waals surface area contributed by atoms with Gasteiger partial charge < -0.3 is 16.2 Å². The highest BCUT2D eigenvalue weighted by Gasteiger charge is 2.32. The van der Waals surface area contributed by atoms with Gasteiger partial charge in [0.15, 0.2) is 0 Å². The van der Waals surface area contributed by atoms with Gasteiger partial charge in [-0.2, -0.15) is 0 Å². The number of hydrogen-bond donors (Lipinski definition) is 3. The topological polar surface area (TPSA) is 58.3 Å². The second kappa shape index (κ2) is 4.11.